The van der Waals surface area contributed by atoms with Crippen LogP contribution in [0, 0.1) is 11.3 Å². The van der Waals surface area contributed by atoms with Gasteiger partial charge in [-0.3, -0.25) is 0 Å². The molecule has 16 heavy (non-hydrogen) atoms. The molecule has 1 aromatic rings. The first-order valence-electron chi connectivity index (χ1n) is 5.57. The molecule has 1 aliphatic carbocycles. The van der Waals surface area contributed by atoms with Crippen LogP contribution in [0.3, 0.4) is 0 Å². The molecular weight excluding hydrogens is 202 g/mol. The molecule has 0 spiro atoms. The van der Waals surface area contributed by atoms with Crippen LogP contribution in [0.5, 0.6) is 0 Å². The molecule has 3 nitrogen and oxygen atoms in total. The number of hydrogen-bond donors (Lipinski definition) is 1. The summed E-state index contributed by atoms with van der Waals surface area (Å²) in [6, 6.07) is 10.1. The van der Waals surface area contributed by atoms with Crippen LogP contribution in [-0.2, 0) is 4.74 Å². The number of benzene rings is 1. The molecule has 84 valence electrons. The van der Waals surface area contributed by atoms with Crippen molar-refractivity contribution in [2.45, 2.75) is 24.9 Å². The average Bonchev–Trinajstić information content (AvgIpc) is 3.15. The summed E-state index contributed by atoms with van der Waals surface area (Å²) in [7, 11) is 0. The summed E-state index contributed by atoms with van der Waals surface area (Å²) in [6.07, 6.45) is 1.99. The van der Waals surface area contributed by atoms with Gasteiger partial charge in [-0.05, 0) is 29.9 Å². The molecule has 1 saturated carbocycles. The van der Waals surface area contributed by atoms with Gasteiger partial charge in [-0.1, -0.05) is 24.3 Å². The zero-order valence-electron chi connectivity index (χ0n) is 9.10. The molecular formula is C13H15NO2. The predicted octanol–water partition coefficient (Wildman–Crippen LogP) is 2.14. The number of hydrogen-bond acceptors (Lipinski definition) is 3. The maximum Gasteiger partial charge on any atom is 0.169 e. The number of rotatable bonds is 5. The normalized spacial score (nSPS) is 16.8. The summed E-state index contributed by atoms with van der Waals surface area (Å²) in [5.74, 6) is 0.730. The van der Waals surface area contributed by atoms with Gasteiger partial charge in [0.25, 0.3) is 0 Å². The van der Waals surface area contributed by atoms with E-state index in [9.17, 15) is 0 Å². The molecule has 1 unspecified atom stereocenters. The summed E-state index contributed by atoms with van der Waals surface area (Å²) in [5, 5.41) is 17.6. The number of nitrogens with zero attached hydrogens (tertiary/aromatic N) is 1. The van der Waals surface area contributed by atoms with Gasteiger partial charge in [-0.15, -0.1) is 0 Å². The lowest BCUT2D eigenvalue weighted by Crippen LogP contribution is -2.06. The van der Waals surface area contributed by atoms with E-state index in [-0.39, 0.29) is 13.2 Å². The Kier molecular flexibility index (Phi) is 3.55. The zero-order valence-corrected chi connectivity index (χ0v) is 9.10. The summed E-state index contributed by atoms with van der Waals surface area (Å²) < 4.78 is 5.23. The molecule has 1 atom stereocenters. The fraction of sp³-hybridized carbons (Fsp3) is 0.462. The fourth-order valence-corrected chi connectivity index (χ4v) is 1.74. The van der Waals surface area contributed by atoms with E-state index in [1.807, 2.05) is 12.1 Å². The summed E-state index contributed by atoms with van der Waals surface area (Å²) in [4.78, 5) is 0. The molecule has 0 amide bonds. The van der Waals surface area contributed by atoms with Crippen LogP contribution in [0.4, 0.5) is 0 Å². The van der Waals surface area contributed by atoms with E-state index >= 15 is 0 Å². The van der Waals surface area contributed by atoms with Gasteiger partial charge < -0.3 is 9.84 Å². The maximum absolute atomic E-state index is 8.94. The molecule has 1 aromatic carbocycles. The van der Waals surface area contributed by atoms with E-state index in [0.717, 1.165) is 11.5 Å². The predicted molar refractivity (Wildman–Crippen MR) is 59.8 cm³/mol. The van der Waals surface area contributed by atoms with Crippen LogP contribution in [0.15, 0.2) is 24.3 Å². The first-order chi connectivity index (χ1) is 7.85. The van der Waals surface area contributed by atoms with Gasteiger partial charge in [0, 0.05) is 0 Å². The third kappa shape index (κ3) is 2.60. The highest BCUT2D eigenvalue weighted by atomic mass is 16.5. The van der Waals surface area contributed by atoms with Crippen molar-refractivity contribution in [3.05, 3.63) is 35.4 Å². The number of nitriles is 1. The molecule has 0 bridgehead atoms. The van der Waals surface area contributed by atoms with Crippen molar-refractivity contribution < 1.29 is 9.84 Å². The van der Waals surface area contributed by atoms with Crippen LogP contribution >= 0.6 is 0 Å². The van der Waals surface area contributed by atoms with Crippen LogP contribution in [0.2, 0.25) is 0 Å². The Morgan fingerprint density at radius 1 is 1.38 bits per heavy atom. The highest BCUT2D eigenvalue weighted by Gasteiger charge is 2.23. The minimum atomic E-state index is -0.569. The second kappa shape index (κ2) is 5.11. The van der Waals surface area contributed by atoms with Gasteiger partial charge >= 0.3 is 0 Å². The highest BCUT2D eigenvalue weighted by Crippen LogP contribution is 2.40. The Hall–Kier alpha value is -1.37. The van der Waals surface area contributed by atoms with Gasteiger partial charge in [0.2, 0.25) is 0 Å². The van der Waals surface area contributed by atoms with E-state index in [1.54, 1.807) is 0 Å². The third-order valence-corrected chi connectivity index (χ3v) is 2.78. The maximum atomic E-state index is 8.94. The quantitative estimate of drug-likeness (QED) is 0.822. The van der Waals surface area contributed by atoms with Crippen molar-refractivity contribution in [3.63, 3.8) is 0 Å². The molecule has 2 rings (SSSR count). The average molecular weight is 217 g/mol. The molecule has 0 radical (unpaired) electrons. The van der Waals surface area contributed by atoms with Crippen LogP contribution in [0.1, 0.15) is 36.0 Å². The molecule has 0 heterocycles. The van der Waals surface area contributed by atoms with E-state index in [0.29, 0.717) is 0 Å². The van der Waals surface area contributed by atoms with Gasteiger partial charge in [0.1, 0.15) is 0 Å². The van der Waals surface area contributed by atoms with Gasteiger partial charge in [0.15, 0.2) is 6.10 Å². The molecule has 1 fully saturated rings. The van der Waals surface area contributed by atoms with Gasteiger partial charge in [-0.2, -0.15) is 5.26 Å². The molecule has 1 N–H and O–H groups in total. The van der Waals surface area contributed by atoms with Crippen molar-refractivity contribution in [2.24, 2.45) is 0 Å². The first-order valence-corrected chi connectivity index (χ1v) is 5.57. The van der Waals surface area contributed by atoms with Gasteiger partial charge in [-0.25, -0.2) is 0 Å². The topological polar surface area (TPSA) is 53.2 Å². The van der Waals surface area contributed by atoms with E-state index in [2.05, 4.69) is 18.2 Å². The molecule has 0 aromatic heterocycles. The monoisotopic (exact) mass is 217 g/mol. The lowest BCUT2D eigenvalue weighted by Gasteiger charge is -2.10. The standard InChI is InChI=1S/C13H15NO2/c14-9-13(16-8-7-15)12-5-3-11(4-6-12)10-1-2-10/h3-6,10,13,15H,1-2,7-8H2. The Labute approximate surface area is 95.3 Å². The SMILES string of the molecule is N#CC(OCCO)c1ccc(C2CC2)cc1. The zero-order chi connectivity index (χ0) is 11.4. The van der Waals surface area contributed by atoms with Crippen LogP contribution < -0.4 is 0 Å². The highest BCUT2D eigenvalue weighted by molar-refractivity contribution is 5.30. The van der Waals surface area contributed by atoms with Crippen molar-refractivity contribution in [1.82, 2.24) is 0 Å². The molecule has 0 aliphatic heterocycles. The Morgan fingerprint density at radius 2 is 2.06 bits per heavy atom. The number of ether oxygens (including phenoxy) is 1. The number of aliphatic hydroxyl groups excluding tert-OH is 1. The minimum absolute atomic E-state index is 0.0572. The van der Waals surface area contributed by atoms with Crippen molar-refractivity contribution in [3.8, 4) is 6.07 Å². The Morgan fingerprint density at radius 3 is 2.56 bits per heavy atom. The van der Waals surface area contributed by atoms with Crippen molar-refractivity contribution in [2.75, 3.05) is 13.2 Å². The second-order valence-corrected chi connectivity index (χ2v) is 4.04. The van der Waals surface area contributed by atoms with Crippen molar-refractivity contribution in [1.29, 1.82) is 5.26 Å². The first kappa shape index (κ1) is 11.1. The Balaban J connectivity index is 2.03. The summed E-state index contributed by atoms with van der Waals surface area (Å²) in [6.45, 7) is 0.140. The molecule has 3 heteroatoms. The largest absolute Gasteiger partial charge is 0.394 e. The minimum Gasteiger partial charge on any atom is -0.394 e. The van der Waals surface area contributed by atoms with E-state index in [4.69, 9.17) is 15.1 Å². The summed E-state index contributed by atoms with van der Waals surface area (Å²) in [5.41, 5.74) is 2.21. The lowest BCUT2D eigenvalue weighted by atomic mass is 10.1. The van der Waals surface area contributed by atoms with Crippen molar-refractivity contribution >= 4 is 0 Å². The van der Waals surface area contributed by atoms with Crippen LogP contribution in [0.25, 0.3) is 0 Å². The number of aliphatic hydroxyl groups is 1. The second-order valence-electron chi connectivity index (χ2n) is 4.04. The van der Waals surface area contributed by atoms with Crippen LogP contribution in [-0.4, -0.2) is 18.3 Å². The molecule has 1 aliphatic rings. The lowest BCUT2D eigenvalue weighted by molar-refractivity contribution is 0.0581. The molecule has 0 saturated heterocycles. The third-order valence-electron chi connectivity index (χ3n) is 2.78. The van der Waals surface area contributed by atoms with Gasteiger partial charge in [0.05, 0.1) is 19.3 Å². The fourth-order valence-electron chi connectivity index (χ4n) is 1.74. The Bertz CT molecular complexity index is 376. The summed E-state index contributed by atoms with van der Waals surface area (Å²) >= 11 is 0. The van der Waals surface area contributed by atoms with E-state index in [1.165, 1.54) is 18.4 Å². The van der Waals surface area contributed by atoms with E-state index < -0.39 is 6.10 Å². The smallest absolute Gasteiger partial charge is 0.169 e.